The molecule has 12 nitrogen and oxygen atoms in total. The van der Waals surface area contributed by atoms with E-state index in [9.17, 15) is 9.90 Å². The Balaban J connectivity index is 0. The second-order valence-corrected chi connectivity index (χ2v) is 5.25. The average Bonchev–Trinajstić information content (AvgIpc) is 2.56. The first-order valence-electron chi connectivity index (χ1n) is 7.59. The molecule has 0 aromatic rings. The van der Waals surface area contributed by atoms with Crippen LogP contribution in [0.2, 0.25) is 0 Å². The van der Waals surface area contributed by atoms with Crippen LogP contribution in [0.25, 0.3) is 0 Å². The summed E-state index contributed by atoms with van der Waals surface area (Å²) in [5.74, 6) is -0.987. The number of aliphatic hydroxyl groups is 5. The molecule has 0 fully saturated rings. The molecule has 0 spiro atoms. The van der Waals surface area contributed by atoms with Crippen molar-refractivity contribution in [3.05, 3.63) is 0 Å². The van der Waals surface area contributed by atoms with Crippen LogP contribution in [0.5, 0.6) is 0 Å². The highest BCUT2D eigenvalue weighted by Crippen LogP contribution is 2.04. The molecule has 0 saturated carbocycles. The summed E-state index contributed by atoms with van der Waals surface area (Å²) in [7, 11) is 1.57. The van der Waals surface area contributed by atoms with E-state index in [4.69, 9.17) is 42.7 Å². The quantitative estimate of drug-likeness (QED) is 0.0939. The number of rotatable bonds is 11. The van der Waals surface area contributed by atoms with Crippen LogP contribution < -0.4 is 22.5 Å². The Hall–Kier alpha value is -1.54. The number of aliphatic hydroxyl groups excluding tert-OH is 5. The van der Waals surface area contributed by atoms with E-state index in [1.807, 2.05) is 0 Å². The number of hydrogen-bond acceptors (Lipinski definition) is 9. The topological polar surface area (TPSA) is 241 Å². The fraction of sp³-hybridized carbons (Fsp3) is 0.846. The fourth-order valence-corrected chi connectivity index (χ4v) is 1.54. The summed E-state index contributed by atoms with van der Waals surface area (Å²) in [6.45, 7) is -0.149. The Kier molecular flexibility index (Phi) is 15.2. The predicted molar refractivity (Wildman–Crippen MR) is 90.6 cm³/mol. The minimum atomic E-state index is -1.55. The molecule has 0 rings (SSSR count). The van der Waals surface area contributed by atoms with E-state index in [0.717, 1.165) is 0 Å². The molecule has 0 aromatic heterocycles. The SMILES string of the molecule is CNCC(O)C(O)C(O)C(O)CO.NC(N)=NCCCC(N)C(=O)O. The Bertz CT molecular complexity index is 382. The van der Waals surface area contributed by atoms with Gasteiger partial charge in [-0.3, -0.25) is 9.79 Å². The van der Waals surface area contributed by atoms with Crippen LogP contribution in [-0.2, 0) is 4.79 Å². The molecule has 0 radical (unpaired) electrons. The third-order valence-corrected chi connectivity index (χ3v) is 3.02. The first-order chi connectivity index (χ1) is 11.6. The average molecular weight is 369 g/mol. The molecular weight excluding hydrogens is 338 g/mol. The predicted octanol–water partition coefficient (Wildman–Crippen LogP) is -4.91. The second-order valence-electron chi connectivity index (χ2n) is 5.25. The molecule has 25 heavy (non-hydrogen) atoms. The third kappa shape index (κ3) is 13.4. The van der Waals surface area contributed by atoms with Crippen LogP contribution in [0.15, 0.2) is 4.99 Å². The van der Waals surface area contributed by atoms with Crippen molar-refractivity contribution < 1.29 is 35.4 Å². The normalized spacial score (nSPS) is 16.6. The maximum atomic E-state index is 10.2. The Morgan fingerprint density at radius 2 is 1.64 bits per heavy atom. The highest BCUT2D eigenvalue weighted by Gasteiger charge is 2.29. The lowest BCUT2D eigenvalue weighted by Gasteiger charge is -2.25. The summed E-state index contributed by atoms with van der Waals surface area (Å²) < 4.78 is 0. The number of guanidine groups is 1. The van der Waals surface area contributed by atoms with E-state index in [1.54, 1.807) is 7.05 Å². The number of nitrogens with two attached hydrogens (primary N) is 3. The molecule has 0 aliphatic rings. The summed E-state index contributed by atoms with van der Waals surface area (Å²) >= 11 is 0. The molecule has 150 valence electrons. The van der Waals surface area contributed by atoms with Crippen LogP contribution in [0.4, 0.5) is 0 Å². The van der Waals surface area contributed by atoms with Gasteiger partial charge in [0.15, 0.2) is 5.96 Å². The van der Waals surface area contributed by atoms with Crippen molar-refractivity contribution in [1.29, 1.82) is 0 Å². The number of hydrogen-bond donors (Lipinski definition) is 10. The van der Waals surface area contributed by atoms with E-state index in [1.165, 1.54) is 0 Å². The molecule has 0 aromatic carbocycles. The lowest BCUT2D eigenvalue weighted by molar-refractivity contribution is -0.138. The van der Waals surface area contributed by atoms with Gasteiger partial charge in [-0.15, -0.1) is 0 Å². The third-order valence-electron chi connectivity index (χ3n) is 3.02. The minimum absolute atomic E-state index is 0.0129. The number of nitrogens with zero attached hydrogens (tertiary/aromatic N) is 1. The first-order valence-corrected chi connectivity index (χ1v) is 7.59. The van der Waals surface area contributed by atoms with Gasteiger partial charge in [-0.2, -0.15) is 0 Å². The summed E-state index contributed by atoms with van der Waals surface area (Å²) in [4.78, 5) is 13.9. The summed E-state index contributed by atoms with van der Waals surface area (Å²) in [6, 6.07) is -0.820. The molecule has 0 bridgehead atoms. The molecule has 0 saturated heterocycles. The number of aliphatic carboxylic acids is 1. The monoisotopic (exact) mass is 369 g/mol. The van der Waals surface area contributed by atoms with Gasteiger partial charge in [-0.05, 0) is 19.9 Å². The number of likely N-dealkylation sites (N-methyl/N-ethyl adjacent to an activating group) is 1. The maximum absolute atomic E-state index is 10.2. The van der Waals surface area contributed by atoms with Crippen molar-refractivity contribution in [2.24, 2.45) is 22.2 Å². The van der Waals surface area contributed by atoms with Gasteiger partial charge in [-0.1, -0.05) is 0 Å². The Morgan fingerprint density at radius 3 is 2.04 bits per heavy atom. The van der Waals surface area contributed by atoms with Crippen molar-refractivity contribution in [3.63, 3.8) is 0 Å². The lowest BCUT2D eigenvalue weighted by Crippen LogP contribution is -2.48. The number of aliphatic imine (C=N–C) groups is 1. The van der Waals surface area contributed by atoms with Crippen LogP contribution in [0.1, 0.15) is 12.8 Å². The molecule has 5 unspecified atom stereocenters. The molecule has 0 heterocycles. The Labute approximate surface area is 146 Å². The number of nitrogens with one attached hydrogen (secondary N) is 1. The summed E-state index contributed by atoms with van der Waals surface area (Å²) in [5, 5.41) is 55.9. The second kappa shape index (κ2) is 14.8. The van der Waals surface area contributed by atoms with Crippen molar-refractivity contribution in [2.45, 2.75) is 43.3 Å². The van der Waals surface area contributed by atoms with Crippen molar-refractivity contribution in [2.75, 3.05) is 26.7 Å². The zero-order valence-corrected chi connectivity index (χ0v) is 14.2. The van der Waals surface area contributed by atoms with E-state index >= 15 is 0 Å². The molecule has 13 N–H and O–H groups in total. The van der Waals surface area contributed by atoms with E-state index in [0.29, 0.717) is 19.4 Å². The van der Waals surface area contributed by atoms with Crippen molar-refractivity contribution >= 4 is 11.9 Å². The smallest absolute Gasteiger partial charge is 0.320 e. The highest BCUT2D eigenvalue weighted by atomic mass is 16.4. The van der Waals surface area contributed by atoms with Gasteiger partial charge in [0.1, 0.15) is 24.4 Å². The zero-order chi connectivity index (χ0) is 20.0. The van der Waals surface area contributed by atoms with E-state index < -0.39 is 43.0 Å². The van der Waals surface area contributed by atoms with Crippen LogP contribution in [0, 0.1) is 0 Å². The van der Waals surface area contributed by atoms with E-state index in [2.05, 4.69) is 10.3 Å². The van der Waals surface area contributed by atoms with Gasteiger partial charge in [-0.25, -0.2) is 0 Å². The highest BCUT2D eigenvalue weighted by molar-refractivity contribution is 5.75. The fourth-order valence-electron chi connectivity index (χ4n) is 1.54. The number of carboxylic acids is 1. The lowest BCUT2D eigenvalue weighted by atomic mass is 10.0. The van der Waals surface area contributed by atoms with Crippen LogP contribution in [-0.4, -0.2) is 99.8 Å². The molecule has 0 amide bonds. The van der Waals surface area contributed by atoms with Crippen LogP contribution in [0.3, 0.4) is 0 Å². The number of carboxylic acid groups (broad SMARTS) is 1. The summed E-state index contributed by atoms with van der Waals surface area (Å²) in [6.07, 6.45) is -4.69. The van der Waals surface area contributed by atoms with Gasteiger partial charge in [0.2, 0.25) is 0 Å². The molecule has 12 heteroatoms. The number of carbonyl (C=O) groups is 1. The van der Waals surface area contributed by atoms with Crippen molar-refractivity contribution in [1.82, 2.24) is 5.32 Å². The zero-order valence-electron chi connectivity index (χ0n) is 14.2. The maximum Gasteiger partial charge on any atom is 0.320 e. The van der Waals surface area contributed by atoms with Gasteiger partial charge >= 0.3 is 5.97 Å². The van der Waals surface area contributed by atoms with Crippen molar-refractivity contribution in [3.8, 4) is 0 Å². The minimum Gasteiger partial charge on any atom is -0.480 e. The van der Waals surface area contributed by atoms with E-state index in [-0.39, 0.29) is 12.5 Å². The van der Waals surface area contributed by atoms with Gasteiger partial charge in [0, 0.05) is 13.1 Å². The largest absolute Gasteiger partial charge is 0.480 e. The standard InChI is InChI=1S/C7H17NO5.C6H14N4O2/c1-8-2-4(10)6(12)7(13)5(11)3-9;7-4(5(11)12)2-1-3-10-6(8)9/h4-13H,2-3H2,1H3;4H,1-3,7H2,(H,11,12)(H4,8,9,10). The molecule has 0 aliphatic carbocycles. The summed E-state index contributed by atoms with van der Waals surface area (Å²) in [5.41, 5.74) is 15.3. The van der Waals surface area contributed by atoms with Gasteiger partial charge in [0.25, 0.3) is 0 Å². The van der Waals surface area contributed by atoms with Gasteiger partial charge in [0.05, 0.1) is 12.7 Å². The Morgan fingerprint density at radius 1 is 1.12 bits per heavy atom. The molecule has 0 aliphatic heterocycles. The first kappa shape index (κ1) is 25.7. The molecular formula is C13H31N5O7. The molecule has 5 atom stereocenters. The van der Waals surface area contributed by atoms with Crippen LogP contribution >= 0.6 is 0 Å². The van der Waals surface area contributed by atoms with Gasteiger partial charge < -0.3 is 53.2 Å².